The summed E-state index contributed by atoms with van der Waals surface area (Å²) in [6, 6.07) is -0.995. The molecule has 19 nitrogen and oxygen atoms in total. The Hall–Kier alpha value is -2.51. The molecular formula is C81H147NO18. The third kappa shape index (κ3) is 41.4. The van der Waals surface area contributed by atoms with Crippen molar-refractivity contribution < 1.29 is 89.4 Å². The number of rotatable bonds is 64. The third-order valence-corrected chi connectivity index (χ3v) is 20.0. The predicted octanol–water partition coefficient (Wildman–Crippen LogP) is 13.5. The van der Waals surface area contributed by atoms with E-state index in [1.165, 1.54) is 225 Å². The number of carbonyl (C=O) groups is 1. The normalized spacial score (nSPS) is 26.8. The van der Waals surface area contributed by atoms with Crippen LogP contribution in [0.2, 0.25) is 0 Å². The summed E-state index contributed by atoms with van der Waals surface area (Å²) >= 11 is 0. The summed E-state index contributed by atoms with van der Waals surface area (Å²) in [6.45, 7) is 1.74. The molecule has 0 saturated carbocycles. The Bertz CT molecular complexity index is 2040. The molecule has 0 aromatic heterocycles. The minimum atomic E-state index is -1.98. The van der Waals surface area contributed by atoms with E-state index in [9.17, 15) is 61.0 Å². The number of nitrogens with one attached hydrogen (secondary N) is 1. The maximum atomic E-state index is 13.5. The third-order valence-electron chi connectivity index (χ3n) is 20.0. The molecule has 12 N–H and O–H groups in total. The molecule has 3 heterocycles. The molecule has 17 unspecified atom stereocenters. The number of hydrogen-bond donors (Lipinski definition) is 12. The van der Waals surface area contributed by atoms with Gasteiger partial charge in [0.1, 0.15) is 73.2 Å². The van der Waals surface area contributed by atoms with Crippen molar-refractivity contribution >= 4 is 5.91 Å². The summed E-state index contributed by atoms with van der Waals surface area (Å²) in [7, 11) is 0. The summed E-state index contributed by atoms with van der Waals surface area (Å²) in [5.41, 5.74) is 0. The number of unbranched alkanes of at least 4 members (excludes halogenated alkanes) is 40. The minimum Gasteiger partial charge on any atom is -0.394 e. The molecule has 3 fully saturated rings. The van der Waals surface area contributed by atoms with Crippen molar-refractivity contribution in [2.24, 2.45) is 0 Å². The number of allylic oxidation sites excluding steroid dienone is 9. The van der Waals surface area contributed by atoms with Crippen molar-refractivity contribution in [2.45, 2.75) is 420 Å². The molecule has 0 radical (unpaired) electrons. The van der Waals surface area contributed by atoms with E-state index < -0.39 is 124 Å². The summed E-state index contributed by atoms with van der Waals surface area (Å²) in [6.07, 6.45) is 52.1. The minimum absolute atomic E-state index is 0.232. The molecule has 3 saturated heterocycles. The zero-order chi connectivity index (χ0) is 72.5. The van der Waals surface area contributed by atoms with Gasteiger partial charge in [0.2, 0.25) is 5.91 Å². The van der Waals surface area contributed by atoms with Crippen LogP contribution in [-0.4, -0.2) is 193 Å². The van der Waals surface area contributed by atoms with Crippen molar-refractivity contribution in [3.05, 3.63) is 60.8 Å². The fraction of sp³-hybridized carbons (Fsp3) is 0.864. The van der Waals surface area contributed by atoms with E-state index in [1.807, 2.05) is 6.08 Å². The SMILES string of the molecule is CCCCCCC/C=C\C/C=C\C/C=C\CCCCCCCCCCCCCCC(=O)NC(COC1OC(CO)C(OC2OC(CO)C(OC3OC(CO)C(O)C(O)C3O)C(O)C2O)C(O)C1O)C(O)/C=C/CC/C=C/CCCCCCCCCCCCCCCCCCCCCCCC. The highest BCUT2D eigenvalue weighted by Crippen LogP contribution is 2.33. The van der Waals surface area contributed by atoms with E-state index in [0.29, 0.717) is 12.8 Å². The second-order valence-electron chi connectivity index (χ2n) is 28.9. The summed E-state index contributed by atoms with van der Waals surface area (Å²) in [5.74, 6) is -0.285. The second kappa shape index (κ2) is 61.6. The van der Waals surface area contributed by atoms with Crippen molar-refractivity contribution in [1.29, 1.82) is 0 Å². The lowest BCUT2D eigenvalue weighted by atomic mass is 9.96. The smallest absolute Gasteiger partial charge is 0.220 e. The van der Waals surface area contributed by atoms with Crippen LogP contribution >= 0.6 is 0 Å². The first-order valence-corrected chi connectivity index (χ1v) is 40.5. The first-order valence-electron chi connectivity index (χ1n) is 40.5. The van der Waals surface area contributed by atoms with E-state index in [1.54, 1.807) is 6.08 Å². The highest BCUT2D eigenvalue weighted by molar-refractivity contribution is 5.76. The van der Waals surface area contributed by atoms with Crippen LogP contribution in [0, 0.1) is 0 Å². The average molecular weight is 1420 g/mol. The van der Waals surface area contributed by atoms with Crippen LogP contribution in [0.4, 0.5) is 0 Å². The van der Waals surface area contributed by atoms with Gasteiger partial charge in [-0.3, -0.25) is 4.79 Å². The van der Waals surface area contributed by atoms with Gasteiger partial charge in [-0.25, -0.2) is 0 Å². The fourth-order valence-electron chi connectivity index (χ4n) is 13.5. The molecular weight excluding hydrogens is 1270 g/mol. The van der Waals surface area contributed by atoms with Crippen molar-refractivity contribution in [3.8, 4) is 0 Å². The quantitative estimate of drug-likeness (QED) is 0.0199. The zero-order valence-corrected chi connectivity index (χ0v) is 62.4. The molecule has 3 rings (SSSR count). The number of aliphatic hydroxyl groups is 11. The first kappa shape index (κ1) is 91.7. The van der Waals surface area contributed by atoms with Crippen molar-refractivity contribution in [3.63, 3.8) is 0 Å². The second-order valence-corrected chi connectivity index (χ2v) is 28.9. The van der Waals surface area contributed by atoms with Gasteiger partial charge in [0.05, 0.1) is 38.6 Å². The van der Waals surface area contributed by atoms with E-state index in [2.05, 4.69) is 67.8 Å². The first-order chi connectivity index (χ1) is 48.8. The van der Waals surface area contributed by atoms with Gasteiger partial charge in [0.15, 0.2) is 18.9 Å². The van der Waals surface area contributed by atoms with E-state index in [4.69, 9.17) is 28.4 Å². The molecule has 17 atom stereocenters. The van der Waals surface area contributed by atoms with Crippen LogP contribution in [0.25, 0.3) is 0 Å². The van der Waals surface area contributed by atoms with Gasteiger partial charge >= 0.3 is 0 Å². The van der Waals surface area contributed by atoms with Gasteiger partial charge in [-0.15, -0.1) is 0 Å². The predicted molar refractivity (Wildman–Crippen MR) is 397 cm³/mol. The van der Waals surface area contributed by atoms with Crippen LogP contribution < -0.4 is 5.32 Å². The maximum absolute atomic E-state index is 13.5. The zero-order valence-electron chi connectivity index (χ0n) is 62.4. The molecule has 0 aromatic rings. The molecule has 3 aliphatic rings. The molecule has 0 bridgehead atoms. The van der Waals surface area contributed by atoms with Crippen LogP contribution in [0.5, 0.6) is 0 Å². The Morgan fingerprint density at radius 3 is 1.07 bits per heavy atom. The highest BCUT2D eigenvalue weighted by atomic mass is 16.8. The topological polar surface area (TPSA) is 307 Å². The lowest BCUT2D eigenvalue weighted by Gasteiger charge is -2.48. The molecule has 0 aromatic carbocycles. The number of aliphatic hydroxyl groups excluding tert-OH is 11. The molecule has 100 heavy (non-hydrogen) atoms. The number of ether oxygens (including phenoxy) is 6. The average Bonchev–Trinajstić information content (AvgIpc) is 0.783. The van der Waals surface area contributed by atoms with E-state index in [-0.39, 0.29) is 18.9 Å². The number of hydrogen-bond acceptors (Lipinski definition) is 18. The lowest BCUT2D eigenvalue weighted by Crippen LogP contribution is -2.66. The van der Waals surface area contributed by atoms with Crippen LogP contribution in [0.15, 0.2) is 60.8 Å². The maximum Gasteiger partial charge on any atom is 0.220 e. The van der Waals surface area contributed by atoms with Gasteiger partial charge in [-0.05, 0) is 70.6 Å². The van der Waals surface area contributed by atoms with Crippen LogP contribution in [0.3, 0.4) is 0 Å². The van der Waals surface area contributed by atoms with Crippen LogP contribution in [-0.2, 0) is 33.2 Å². The highest BCUT2D eigenvalue weighted by Gasteiger charge is 2.54. The number of amides is 1. The van der Waals surface area contributed by atoms with Gasteiger partial charge in [-0.1, -0.05) is 299 Å². The van der Waals surface area contributed by atoms with E-state index in [0.717, 1.165) is 57.8 Å². The Labute approximate surface area is 605 Å². The molecule has 584 valence electrons. The van der Waals surface area contributed by atoms with Gasteiger partial charge < -0.3 is 89.9 Å². The molecule has 1 amide bonds. The summed E-state index contributed by atoms with van der Waals surface area (Å²) < 4.78 is 34.4. The molecule has 19 heteroatoms. The Morgan fingerprint density at radius 2 is 0.670 bits per heavy atom. The van der Waals surface area contributed by atoms with Crippen molar-refractivity contribution in [1.82, 2.24) is 5.32 Å². The Kier molecular flexibility index (Phi) is 56.5. The Balaban J connectivity index is 1.39. The standard InChI is InChI=1S/C81H147NO18/c1-3-5-7-9-11-13-15-17-19-21-23-25-27-29-31-33-34-36-38-40-42-44-46-48-50-52-54-56-58-65(86)64(82-69(87)59-57-55-53-51-49-47-45-43-41-39-37-35-32-30-28-26-24-22-20-18-16-14-12-10-8-6-4-2)63-95-79-75(93)72(90)77(67(61-84)97-79)100-81-76(94)73(91)78(68(62-85)98-81)99-80-74(92)71(89)70(88)66(60-83)96-80/h16,18,22,24,28,30,48,50,56,58,64-68,70-81,83-86,88-94H,3-15,17,19-21,23,25-27,29,31-47,49,51-55,57,59-63H2,1-2H3,(H,82,87)/b18-16-,24-22-,30-28-,50-48+,58-56+. The van der Waals surface area contributed by atoms with Gasteiger partial charge in [0, 0.05) is 6.42 Å². The summed E-state index contributed by atoms with van der Waals surface area (Å²) in [4.78, 5) is 13.5. The lowest BCUT2D eigenvalue weighted by molar-refractivity contribution is -0.379. The Morgan fingerprint density at radius 1 is 0.360 bits per heavy atom. The van der Waals surface area contributed by atoms with Crippen LogP contribution in [0.1, 0.15) is 316 Å². The molecule has 0 spiro atoms. The van der Waals surface area contributed by atoms with Gasteiger partial charge in [0.25, 0.3) is 0 Å². The number of carbonyl (C=O) groups excluding carboxylic acids is 1. The largest absolute Gasteiger partial charge is 0.394 e. The van der Waals surface area contributed by atoms with E-state index >= 15 is 0 Å². The molecule has 0 aliphatic carbocycles. The fourth-order valence-corrected chi connectivity index (χ4v) is 13.5. The summed E-state index contributed by atoms with van der Waals surface area (Å²) in [5, 5.41) is 121. The van der Waals surface area contributed by atoms with Gasteiger partial charge in [-0.2, -0.15) is 0 Å². The molecule has 3 aliphatic heterocycles. The monoisotopic (exact) mass is 1420 g/mol. The van der Waals surface area contributed by atoms with Crippen molar-refractivity contribution in [2.75, 3.05) is 26.4 Å².